The van der Waals surface area contributed by atoms with Gasteiger partial charge in [-0.15, -0.1) is 0 Å². The number of benzene rings is 1. The van der Waals surface area contributed by atoms with E-state index >= 15 is 0 Å². The summed E-state index contributed by atoms with van der Waals surface area (Å²) in [6.45, 7) is 4.46. The molecular weight excluding hydrogens is 254 g/mol. The van der Waals surface area contributed by atoms with E-state index < -0.39 is 5.97 Å². The molecule has 1 atom stereocenters. The lowest BCUT2D eigenvalue weighted by Gasteiger charge is -2.35. The summed E-state index contributed by atoms with van der Waals surface area (Å²) in [5, 5.41) is 11.9. The number of carbonyl (C=O) groups excluding carboxylic acids is 1. The second-order valence-electron chi connectivity index (χ2n) is 6.31. The van der Waals surface area contributed by atoms with Crippen LogP contribution in [0.5, 0.6) is 0 Å². The topological polar surface area (TPSA) is 66.4 Å². The fourth-order valence-electron chi connectivity index (χ4n) is 2.85. The zero-order chi connectivity index (χ0) is 14.8. The summed E-state index contributed by atoms with van der Waals surface area (Å²) in [6, 6.07) is 6.26. The molecule has 1 aliphatic carbocycles. The van der Waals surface area contributed by atoms with Gasteiger partial charge in [-0.1, -0.05) is 20.3 Å². The zero-order valence-electron chi connectivity index (χ0n) is 12.0. The smallest absolute Gasteiger partial charge is 0.335 e. The fourth-order valence-corrected chi connectivity index (χ4v) is 2.85. The molecule has 20 heavy (non-hydrogen) atoms. The number of hydrogen-bond donors (Lipinski definition) is 2. The van der Waals surface area contributed by atoms with Crippen LogP contribution in [0, 0.1) is 5.41 Å². The average molecular weight is 275 g/mol. The van der Waals surface area contributed by atoms with Crippen LogP contribution in [0.2, 0.25) is 0 Å². The third kappa shape index (κ3) is 3.59. The zero-order valence-corrected chi connectivity index (χ0v) is 12.0. The maximum absolute atomic E-state index is 12.1. The van der Waals surface area contributed by atoms with E-state index in [9.17, 15) is 9.59 Å². The highest BCUT2D eigenvalue weighted by Gasteiger charge is 2.28. The van der Waals surface area contributed by atoms with Crippen LogP contribution in [0.25, 0.3) is 0 Å². The van der Waals surface area contributed by atoms with Crippen LogP contribution in [0.15, 0.2) is 24.3 Å². The molecular formula is C16H21NO3. The van der Waals surface area contributed by atoms with Gasteiger partial charge in [0.25, 0.3) is 5.91 Å². The molecule has 1 fully saturated rings. The van der Waals surface area contributed by atoms with Gasteiger partial charge in [-0.25, -0.2) is 4.79 Å². The third-order valence-corrected chi connectivity index (χ3v) is 3.93. The molecule has 0 spiro atoms. The number of amides is 1. The van der Waals surface area contributed by atoms with Crippen LogP contribution >= 0.6 is 0 Å². The molecule has 0 aromatic heterocycles. The Morgan fingerprint density at radius 1 is 1.20 bits per heavy atom. The molecule has 0 radical (unpaired) electrons. The predicted molar refractivity (Wildman–Crippen MR) is 76.9 cm³/mol. The summed E-state index contributed by atoms with van der Waals surface area (Å²) < 4.78 is 0. The third-order valence-electron chi connectivity index (χ3n) is 3.93. The van der Waals surface area contributed by atoms with Gasteiger partial charge in [-0.3, -0.25) is 4.79 Å². The Kier molecular flexibility index (Phi) is 4.12. The van der Waals surface area contributed by atoms with Crippen LogP contribution < -0.4 is 5.32 Å². The normalized spacial score (nSPS) is 21.2. The van der Waals surface area contributed by atoms with Crippen molar-refractivity contribution in [3.8, 4) is 0 Å². The summed E-state index contributed by atoms with van der Waals surface area (Å²) >= 11 is 0. The molecule has 1 aliphatic rings. The first kappa shape index (κ1) is 14.6. The first-order chi connectivity index (χ1) is 9.37. The SMILES string of the molecule is CC1(C)CCCC(NC(=O)c2ccc(C(=O)O)cc2)C1. The molecule has 4 heteroatoms. The van der Waals surface area contributed by atoms with E-state index in [1.807, 2.05) is 0 Å². The lowest BCUT2D eigenvalue weighted by atomic mass is 9.75. The quantitative estimate of drug-likeness (QED) is 0.890. The van der Waals surface area contributed by atoms with E-state index in [-0.39, 0.29) is 22.9 Å². The van der Waals surface area contributed by atoms with E-state index in [4.69, 9.17) is 5.11 Å². The van der Waals surface area contributed by atoms with Crippen LogP contribution in [-0.4, -0.2) is 23.0 Å². The van der Waals surface area contributed by atoms with Crippen molar-refractivity contribution in [2.75, 3.05) is 0 Å². The minimum Gasteiger partial charge on any atom is -0.478 e. The number of carboxylic acids is 1. The highest BCUT2D eigenvalue weighted by Crippen LogP contribution is 2.35. The minimum atomic E-state index is -0.981. The van der Waals surface area contributed by atoms with Crippen LogP contribution in [0.3, 0.4) is 0 Å². The molecule has 2 rings (SSSR count). The molecule has 0 aliphatic heterocycles. The summed E-state index contributed by atoms with van der Waals surface area (Å²) in [6.07, 6.45) is 4.34. The molecule has 1 amide bonds. The Morgan fingerprint density at radius 3 is 2.35 bits per heavy atom. The van der Waals surface area contributed by atoms with E-state index in [0.717, 1.165) is 19.3 Å². The van der Waals surface area contributed by atoms with Crippen LogP contribution in [0.4, 0.5) is 0 Å². The van der Waals surface area contributed by atoms with Crippen molar-refractivity contribution in [1.82, 2.24) is 5.32 Å². The summed E-state index contributed by atoms with van der Waals surface area (Å²) in [5.41, 5.74) is 0.988. The van der Waals surface area contributed by atoms with Gasteiger partial charge in [0.1, 0.15) is 0 Å². The monoisotopic (exact) mass is 275 g/mol. The number of aromatic carboxylic acids is 1. The average Bonchev–Trinajstić information content (AvgIpc) is 2.37. The van der Waals surface area contributed by atoms with E-state index in [2.05, 4.69) is 19.2 Å². The van der Waals surface area contributed by atoms with E-state index in [1.165, 1.54) is 18.6 Å². The van der Waals surface area contributed by atoms with E-state index in [0.29, 0.717) is 5.56 Å². The number of rotatable bonds is 3. The molecule has 1 unspecified atom stereocenters. The Balaban J connectivity index is 1.99. The van der Waals surface area contributed by atoms with Gasteiger partial charge in [-0.2, -0.15) is 0 Å². The number of carbonyl (C=O) groups is 2. The predicted octanol–water partition coefficient (Wildman–Crippen LogP) is 3.08. The Bertz CT molecular complexity index is 505. The van der Waals surface area contributed by atoms with Crippen molar-refractivity contribution >= 4 is 11.9 Å². The number of hydrogen-bond acceptors (Lipinski definition) is 2. The molecule has 4 nitrogen and oxygen atoms in total. The largest absolute Gasteiger partial charge is 0.478 e. The molecule has 0 saturated heterocycles. The second-order valence-corrected chi connectivity index (χ2v) is 6.31. The van der Waals surface area contributed by atoms with Gasteiger partial charge in [0, 0.05) is 11.6 Å². The maximum Gasteiger partial charge on any atom is 0.335 e. The molecule has 2 N–H and O–H groups in total. The molecule has 0 bridgehead atoms. The summed E-state index contributed by atoms with van der Waals surface area (Å²) in [7, 11) is 0. The first-order valence-corrected chi connectivity index (χ1v) is 7.02. The lowest BCUT2D eigenvalue weighted by Crippen LogP contribution is -2.40. The highest BCUT2D eigenvalue weighted by atomic mass is 16.4. The van der Waals surface area contributed by atoms with Crippen molar-refractivity contribution in [3.63, 3.8) is 0 Å². The first-order valence-electron chi connectivity index (χ1n) is 7.02. The summed E-state index contributed by atoms with van der Waals surface area (Å²) in [5.74, 6) is -1.10. The molecule has 1 aromatic rings. The Hall–Kier alpha value is -1.84. The second kappa shape index (κ2) is 5.65. The van der Waals surface area contributed by atoms with Crippen molar-refractivity contribution in [2.45, 2.75) is 45.6 Å². The molecule has 1 aromatic carbocycles. The van der Waals surface area contributed by atoms with Crippen molar-refractivity contribution in [1.29, 1.82) is 0 Å². The molecule has 1 saturated carbocycles. The van der Waals surface area contributed by atoms with Crippen molar-refractivity contribution < 1.29 is 14.7 Å². The van der Waals surface area contributed by atoms with Gasteiger partial charge >= 0.3 is 5.97 Å². The van der Waals surface area contributed by atoms with Crippen molar-refractivity contribution in [3.05, 3.63) is 35.4 Å². The van der Waals surface area contributed by atoms with E-state index in [1.54, 1.807) is 12.1 Å². The highest BCUT2D eigenvalue weighted by molar-refractivity contribution is 5.96. The minimum absolute atomic E-state index is 0.121. The Labute approximate surface area is 119 Å². The van der Waals surface area contributed by atoms with Crippen molar-refractivity contribution in [2.24, 2.45) is 5.41 Å². The molecule has 0 heterocycles. The summed E-state index contributed by atoms with van der Waals surface area (Å²) in [4.78, 5) is 22.9. The number of nitrogens with one attached hydrogen (secondary N) is 1. The maximum atomic E-state index is 12.1. The van der Waals surface area contributed by atoms with Crippen LogP contribution in [-0.2, 0) is 0 Å². The van der Waals surface area contributed by atoms with Gasteiger partial charge < -0.3 is 10.4 Å². The van der Waals surface area contributed by atoms with Gasteiger partial charge in [0.05, 0.1) is 5.56 Å². The van der Waals surface area contributed by atoms with Gasteiger partial charge in [-0.05, 0) is 48.9 Å². The number of carboxylic acid groups (broad SMARTS) is 1. The fraction of sp³-hybridized carbons (Fsp3) is 0.500. The molecule has 108 valence electrons. The lowest BCUT2D eigenvalue weighted by molar-refractivity contribution is 0.0696. The Morgan fingerprint density at radius 2 is 1.80 bits per heavy atom. The van der Waals surface area contributed by atoms with Gasteiger partial charge in [0.15, 0.2) is 0 Å². The standard InChI is InChI=1S/C16H21NO3/c1-16(2)9-3-4-13(10-16)17-14(18)11-5-7-12(8-6-11)15(19)20/h5-8,13H,3-4,9-10H2,1-2H3,(H,17,18)(H,19,20). The van der Waals surface area contributed by atoms with Crippen LogP contribution in [0.1, 0.15) is 60.2 Å². The van der Waals surface area contributed by atoms with Gasteiger partial charge in [0.2, 0.25) is 0 Å².